The van der Waals surface area contributed by atoms with Crippen LogP contribution in [0.2, 0.25) is 0 Å². The van der Waals surface area contributed by atoms with E-state index < -0.39 is 0 Å². The van der Waals surface area contributed by atoms with E-state index in [-0.39, 0.29) is 11.4 Å². The van der Waals surface area contributed by atoms with E-state index in [9.17, 15) is 4.79 Å². The molecule has 108 valence electrons. The second kappa shape index (κ2) is 4.55. The molecule has 0 aromatic carbocycles. The lowest BCUT2D eigenvalue weighted by atomic mass is 10.2. The Balaban J connectivity index is 1.89. The number of nitrogen functional groups attached to an aromatic ring is 1. The molecule has 0 unspecified atom stereocenters. The topological polar surface area (TPSA) is 115 Å². The zero-order chi connectivity index (χ0) is 15.1. The number of aromatic nitrogens is 5. The SMILES string of the molecule is Nc1nc(-c2ccc(=O)[nH]c2)cn2nc(-c3ccco3)nc12. The van der Waals surface area contributed by atoms with Crippen molar-refractivity contribution in [3.63, 3.8) is 0 Å². The predicted molar refractivity (Wildman–Crippen MR) is 79.0 cm³/mol. The number of pyridine rings is 1. The summed E-state index contributed by atoms with van der Waals surface area (Å²) in [4.78, 5) is 22.3. The van der Waals surface area contributed by atoms with E-state index >= 15 is 0 Å². The molecule has 4 aromatic rings. The lowest BCUT2D eigenvalue weighted by Gasteiger charge is -2.02. The van der Waals surface area contributed by atoms with Crippen molar-refractivity contribution in [1.82, 2.24) is 24.6 Å². The number of furan rings is 1. The molecule has 0 bridgehead atoms. The summed E-state index contributed by atoms with van der Waals surface area (Å²) in [5.74, 6) is 1.22. The first-order valence-corrected chi connectivity index (χ1v) is 6.46. The number of rotatable bonds is 2. The molecule has 0 saturated heterocycles. The minimum atomic E-state index is -0.182. The highest BCUT2D eigenvalue weighted by Gasteiger charge is 2.13. The zero-order valence-corrected chi connectivity index (χ0v) is 11.2. The van der Waals surface area contributed by atoms with Gasteiger partial charge >= 0.3 is 0 Å². The third-order valence-corrected chi connectivity index (χ3v) is 3.17. The minimum Gasteiger partial charge on any atom is -0.461 e. The van der Waals surface area contributed by atoms with E-state index in [2.05, 4.69) is 20.1 Å². The Morgan fingerprint density at radius 3 is 2.86 bits per heavy atom. The average Bonchev–Trinajstić information content (AvgIpc) is 3.17. The molecule has 0 radical (unpaired) electrons. The molecule has 3 N–H and O–H groups in total. The Hall–Kier alpha value is -3.42. The van der Waals surface area contributed by atoms with Crippen LogP contribution in [0.5, 0.6) is 0 Å². The smallest absolute Gasteiger partial charge is 0.247 e. The van der Waals surface area contributed by atoms with Gasteiger partial charge in [-0.25, -0.2) is 14.5 Å². The lowest BCUT2D eigenvalue weighted by Crippen LogP contribution is -2.04. The quantitative estimate of drug-likeness (QED) is 0.576. The Morgan fingerprint density at radius 1 is 1.23 bits per heavy atom. The van der Waals surface area contributed by atoms with Crippen molar-refractivity contribution in [2.75, 3.05) is 5.73 Å². The fourth-order valence-electron chi connectivity index (χ4n) is 2.13. The number of H-pyrrole nitrogens is 1. The molecule has 0 fully saturated rings. The number of nitrogens with zero attached hydrogens (tertiary/aromatic N) is 4. The van der Waals surface area contributed by atoms with Crippen molar-refractivity contribution in [3.8, 4) is 22.8 Å². The Labute approximate surface area is 123 Å². The maximum absolute atomic E-state index is 11.1. The summed E-state index contributed by atoms with van der Waals surface area (Å²) >= 11 is 0. The maximum Gasteiger partial charge on any atom is 0.247 e. The molecule has 8 nitrogen and oxygen atoms in total. The molecule has 22 heavy (non-hydrogen) atoms. The average molecular weight is 294 g/mol. The van der Waals surface area contributed by atoms with Crippen molar-refractivity contribution in [2.45, 2.75) is 0 Å². The van der Waals surface area contributed by atoms with Gasteiger partial charge in [0.25, 0.3) is 0 Å². The van der Waals surface area contributed by atoms with Crippen LogP contribution in [0.4, 0.5) is 5.82 Å². The molecule has 4 aromatic heterocycles. The fourth-order valence-corrected chi connectivity index (χ4v) is 2.13. The molecule has 0 spiro atoms. The van der Waals surface area contributed by atoms with Gasteiger partial charge in [0.1, 0.15) is 0 Å². The van der Waals surface area contributed by atoms with Crippen LogP contribution in [-0.4, -0.2) is 24.6 Å². The van der Waals surface area contributed by atoms with Gasteiger partial charge in [0.2, 0.25) is 11.4 Å². The molecule has 0 amide bonds. The molecular formula is C14H10N6O2. The third-order valence-electron chi connectivity index (χ3n) is 3.17. The first-order valence-electron chi connectivity index (χ1n) is 6.46. The summed E-state index contributed by atoms with van der Waals surface area (Å²) < 4.78 is 6.82. The van der Waals surface area contributed by atoms with Crippen molar-refractivity contribution in [3.05, 3.63) is 53.3 Å². The number of hydrogen-bond donors (Lipinski definition) is 2. The van der Waals surface area contributed by atoms with Crippen LogP contribution in [0.25, 0.3) is 28.5 Å². The Kier molecular flexibility index (Phi) is 2.55. The highest BCUT2D eigenvalue weighted by Crippen LogP contribution is 2.22. The van der Waals surface area contributed by atoms with Crippen LogP contribution in [0.1, 0.15) is 0 Å². The first-order chi connectivity index (χ1) is 10.7. The minimum absolute atomic E-state index is 0.182. The van der Waals surface area contributed by atoms with E-state index in [4.69, 9.17) is 10.2 Å². The van der Waals surface area contributed by atoms with Crippen LogP contribution in [-0.2, 0) is 0 Å². The highest BCUT2D eigenvalue weighted by atomic mass is 16.3. The molecule has 0 aliphatic heterocycles. The number of nitrogens with two attached hydrogens (primary N) is 1. The van der Waals surface area contributed by atoms with Crippen LogP contribution in [0, 0.1) is 0 Å². The Morgan fingerprint density at radius 2 is 2.14 bits per heavy atom. The number of fused-ring (bicyclic) bond motifs is 1. The number of aromatic amines is 1. The van der Waals surface area contributed by atoms with Crippen LogP contribution >= 0.6 is 0 Å². The fraction of sp³-hybridized carbons (Fsp3) is 0. The van der Waals surface area contributed by atoms with Gasteiger partial charge < -0.3 is 15.1 Å². The lowest BCUT2D eigenvalue weighted by molar-refractivity contribution is 0.577. The van der Waals surface area contributed by atoms with Crippen molar-refractivity contribution >= 4 is 11.5 Å². The molecule has 4 heterocycles. The largest absolute Gasteiger partial charge is 0.461 e. The number of anilines is 1. The van der Waals surface area contributed by atoms with E-state index in [0.29, 0.717) is 22.9 Å². The van der Waals surface area contributed by atoms with Gasteiger partial charge in [-0.1, -0.05) is 0 Å². The van der Waals surface area contributed by atoms with Crippen LogP contribution in [0.3, 0.4) is 0 Å². The summed E-state index contributed by atoms with van der Waals surface area (Å²) in [5, 5.41) is 4.34. The second-order valence-electron chi connectivity index (χ2n) is 4.63. The van der Waals surface area contributed by atoms with Crippen LogP contribution < -0.4 is 11.3 Å². The maximum atomic E-state index is 11.1. The van der Waals surface area contributed by atoms with Gasteiger partial charge in [-0.15, -0.1) is 5.10 Å². The van der Waals surface area contributed by atoms with Gasteiger partial charge in [-0.05, 0) is 18.2 Å². The van der Waals surface area contributed by atoms with E-state index in [1.807, 2.05) is 0 Å². The highest BCUT2D eigenvalue weighted by molar-refractivity contribution is 5.68. The molecule has 0 saturated carbocycles. The second-order valence-corrected chi connectivity index (χ2v) is 4.63. The normalized spacial score (nSPS) is 11.1. The molecule has 8 heteroatoms. The predicted octanol–water partition coefficient (Wildman–Crippen LogP) is 1.32. The summed E-state index contributed by atoms with van der Waals surface area (Å²) in [5.41, 5.74) is 7.52. The van der Waals surface area contributed by atoms with Gasteiger partial charge in [0, 0.05) is 17.8 Å². The summed E-state index contributed by atoms with van der Waals surface area (Å²) in [6.45, 7) is 0. The molecule has 0 atom stereocenters. The molecule has 0 aliphatic carbocycles. The van der Waals surface area contributed by atoms with Gasteiger partial charge in [0.15, 0.2) is 17.2 Å². The standard InChI is InChI=1S/C14H10N6O2/c15-12-14-18-13(10-2-1-5-22-10)19-20(14)7-9(17-12)8-3-4-11(21)16-6-8/h1-7H,(H2,15,17)(H,16,21). The summed E-state index contributed by atoms with van der Waals surface area (Å²) in [6.07, 6.45) is 4.81. The van der Waals surface area contributed by atoms with E-state index in [1.54, 1.807) is 41.4 Å². The van der Waals surface area contributed by atoms with Crippen LogP contribution in [0.15, 0.2) is 52.1 Å². The zero-order valence-electron chi connectivity index (χ0n) is 11.2. The van der Waals surface area contributed by atoms with Gasteiger partial charge in [-0.2, -0.15) is 0 Å². The first kappa shape index (κ1) is 12.3. The van der Waals surface area contributed by atoms with Gasteiger partial charge in [-0.3, -0.25) is 4.79 Å². The van der Waals surface area contributed by atoms with E-state index in [0.717, 1.165) is 5.56 Å². The third kappa shape index (κ3) is 1.94. The van der Waals surface area contributed by atoms with Crippen molar-refractivity contribution < 1.29 is 4.42 Å². The number of hydrogen-bond acceptors (Lipinski definition) is 6. The van der Waals surface area contributed by atoms with Gasteiger partial charge in [0.05, 0.1) is 18.2 Å². The van der Waals surface area contributed by atoms with E-state index in [1.165, 1.54) is 6.07 Å². The number of nitrogens with one attached hydrogen (secondary N) is 1. The Bertz CT molecular complexity index is 995. The monoisotopic (exact) mass is 294 g/mol. The summed E-state index contributed by atoms with van der Waals surface area (Å²) in [6, 6.07) is 6.61. The molecule has 0 aliphatic rings. The summed E-state index contributed by atoms with van der Waals surface area (Å²) in [7, 11) is 0. The van der Waals surface area contributed by atoms with Crippen molar-refractivity contribution in [1.29, 1.82) is 0 Å². The van der Waals surface area contributed by atoms with Crippen molar-refractivity contribution in [2.24, 2.45) is 0 Å². The molecule has 4 rings (SSSR count). The molecular weight excluding hydrogens is 284 g/mol.